The number of ketones is 1. The molecule has 0 bridgehead atoms. The normalized spacial score (nSPS) is 18.3. The third kappa shape index (κ3) is 4.23. The van der Waals surface area contributed by atoms with E-state index in [4.69, 9.17) is 4.74 Å². The number of rotatable bonds is 7. The smallest absolute Gasteiger partial charge is 0.179 e. The van der Waals surface area contributed by atoms with Gasteiger partial charge in [-0.05, 0) is 50.4 Å². The van der Waals surface area contributed by atoms with Crippen molar-refractivity contribution < 1.29 is 9.53 Å². The number of Topliss-reactive ketones (excluding diaryl/α,β-unsaturated/α-hetero) is 1. The second-order valence-corrected chi connectivity index (χ2v) is 6.46. The van der Waals surface area contributed by atoms with Gasteiger partial charge in [-0.15, -0.1) is 0 Å². The third-order valence-corrected chi connectivity index (χ3v) is 4.10. The Labute approximate surface area is 133 Å². The van der Waals surface area contributed by atoms with Crippen LogP contribution in [0.15, 0.2) is 18.2 Å². The maximum absolute atomic E-state index is 12.5. The first-order chi connectivity index (χ1) is 10.5. The number of benzene rings is 1. The Kier molecular flexibility index (Phi) is 5.83. The van der Waals surface area contributed by atoms with E-state index in [1.54, 1.807) is 0 Å². The molecule has 1 aliphatic heterocycles. The largest absolute Gasteiger partial charge is 0.486 e. The van der Waals surface area contributed by atoms with Crippen LogP contribution < -0.4 is 15.4 Å². The number of nitrogens with one attached hydrogen (secondary N) is 2. The summed E-state index contributed by atoms with van der Waals surface area (Å²) in [6.45, 7) is 10.1. The number of carbonyl (C=O) groups excluding carboxylic acids is 1. The molecule has 122 valence electrons. The molecule has 0 fully saturated rings. The van der Waals surface area contributed by atoms with Crippen LogP contribution in [0.1, 0.15) is 50.9 Å². The Hall–Kier alpha value is -1.55. The second kappa shape index (κ2) is 7.63. The Morgan fingerprint density at radius 1 is 1.41 bits per heavy atom. The van der Waals surface area contributed by atoms with Crippen molar-refractivity contribution in [2.45, 2.75) is 52.7 Å². The number of anilines is 1. The van der Waals surface area contributed by atoms with Crippen molar-refractivity contribution in [2.75, 3.05) is 18.4 Å². The zero-order valence-electron chi connectivity index (χ0n) is 14.1. The van der Waals surface area contributed by atoms with Crippen molar-refractivity contribution in [3.8, 4) is 5.75 Å². The van der Waals surface area contributed by atoms with Crippen LogP contribution in [0.25, 0.3) is 0 Å². The molecule has 0 amide bonds. The van der Waals surface area contributed by atoms with E-state index in [9.17, 15) is 4.79 Å². The van der Waals surface area contributed by atoms with Crippen molar-refractivity contribution >= 4 is 11.5 Å². The van der Waals surface area contributed by atoms with E-state index in [1.807, 2.05) is 25.1 Å². The zero-order chi connectivity index (χ0) is 16.1. The summed E-state index contributed by atoms with van der Waals surface area (Å²) in [6, 6.07) is 5.51. The van der Waals surface area contributed by atoms with Crippen LogP contribution in [0.3, 0.4) is 0 Å². The van der Waals surface area contributed by atoms with Gasteiger partial charge in [-0.1, -0.05) is 20.8 Å². The van der Waals surface area contributed by atoms with Crippen LogP contribution in [0, 0.1) is 5.92 Å². The van der Waals surface area contributed by atoms with Gasteiger partial charge >= 0.3 is 0 Å². The van der Waals surface area contributed by atoms with E-state index in [1.165, 1.54) is 0 Å². The van der Waals surface area contributed by atoms with Crippen LogP contribution in [0.2, 0.25) is 0 Å². The Balaban J connectivity index is 1.99. The van der Waals surface area contributed by atoms with E-state index >= 15 is 0 Å². The minimum absolute atomic E-state index is 0.131. The van der Waals surface area contributed by atoms with Gasteiger partial charge in [0.05, 0.1) is 18.3 Å². The summed E-state index contributed by atoms with van der Waals surface area (Å²) < 4.78 is 5.88. The van der Waals surface area contributed by atoms with E-state index in [0.717, 1.165) is 42.9 Å². The summed E-state index contributed by atoms with van der Waals surface area (Å²) in [5.41, 5.74) is 1.65. The van der Waals surface area contributed by atoms with Crippen LogP contribution in [0.4, 0.5) is 5.69 Å². The predicted octanol–water partition coefficient (Wildman–Crippen LogP) is 3.48. The lowest BCUT2D eigenvalue weighted by Gasteiger charge is -2.27. The molecule has 2 atom stereocenters. The minimum Gasteiger partial charge on any atom is -0.486 e. The fourth-order valence-corrected chi connectivity index (χ4v) is 2.53. The molecule has 4 heteroatoms. The van der Waals surface area contributed by atoms with Gasteiger partial charge in [0.15, 0.2) is 5.78 Å². The van der Waals surface area contributed by atoms with Crippen molar-refractivity contribution in [2.24, 2.45) is 5.92 Å². The molecule has 1 aromatic carbocycles. The van der Waals surface area contributed by atoms with Gasteiger partial charge in [0, 0.05) is 5.56 Å². The van der Waals surface area contributed by atoms with Crippen molar-refractivity contribution in [3.05, 3.63) is 23.8 Å². The standard InChI is InChI=1S/C18H28N2O2/c1-5-15-11-20-16-10-14(6-7-17(16)22-15)18(21)13(4)19-9-8-12(2)3/h6-7,10,12-13,15,19-20H,5,8-9,11H2,1-4H3. The lowest BCUT2D eigenvalue weighted by Crippen LogP contribution is -2.35. The highest BCUT2D eigenvalue weighted by Crippen LogP contribution is 2.31. The molecule has 4 nitrogen and oxygen atoms in total. The lowest BCUT2D eigenvalue weighted by molar-refractivity contribution is 0.0950. The lowest BCUT2D eigenvalue weighted by atomic mass is 10.0. The van der Waals surface area contributed by atoms with Gasteiger partial charge in [0.25, 0.3) is 0 Å². The monoisotopic (exact) mass is 304 g/mol. The van der Waals surface area contributed by atoms with Gasteiger partial charge in [-0.25, -0.2) is 0 Å². The average molecular weight is 304 g/mol. The minimum atomic E-state index is -0.162. The highest BCUT2D eigenvalue weighted by molar-refractivity contribution is 6.01. The molecule has 0 aliphatic carbocycles. The molecule has 1 aromatic rings. The molecule has 0 saturated heterocycles. The number of ether oxygens (including phenoxy) is 1. The topological polar surface area (TPSA) is 50.4 Å². The number of hydrogen-bond donors (Lipinski definition) is 2. The van der Waals surface area contributed by atoms with Gasteiger partial charge < -0.3 is 15.4 Å². The number of hydrogen-bond acceptors (Lipinski definition) is 4. The van der Waals surface area contributed by atoms with E-state index in [2.05, 4.69) is 31.4 Å². The predicted molar refractivity (Wildman–Crippen MR) is 90.9 cm³/mol. The number of fused-ring (bicyclic) bond motifs is 1. The highest BCUT2D eigenvalue weighted by atomic mass is 16.5. The van der Waals surface area contributed by atoms with E-state index in [-0.39, 0.29) is 17.9 Å². The molecule has 0 radical (unpaired) electrons. The molecule has 1 heterocycles. The fraction of sp³-hybridized carbons (Fsp3) is 0.611. The van der Waals surface area contributed by atoms with Crippen LogP contribution in [0.5, 0.6) is 5.75 Å². The van der Waals surface area contributed by atoms with E-state index in [0.29, 0.717) is 5.92 Å². The summed E-state index contributed by atoms with van der Waals surface area (Å²) in [7, 11) is 0. The van der Waals surface area contributed by atoms with Crippen molar-refractivity contribution in [1.29, 1.82) is 0 Å². The molecule has 0 saturated carbocycles. The maximum Gasteiger partial charge on any atom is 0.179 e. The Morgan fingerprint density at radius 2 is 2.18 bits per heavy atom. The summed E-state index contributed by atoms with van der Waals surface area (Å²) >= 11 is 0. The SMILES string of the molecule is CCC1CNc2cc(C(=O)C(C)NCCC(C)C)ccc2O1. The van der Waals surface area contributed by atoms with Gasteiger partial charge in [-0.3, -0.25) is 4.79 Å². The summed E-state index contributed by atoms with van der Waals surface area (Å²) in [6.07, 6.45) is 2.27. The molecule has 2 N–H and O–H groups in total. The average Bonchev–Trinajstić information content (AvgIpc) is 2.52. The summed E-state index contributed by atoms with van der Waals surface area (Å²) in [5, 5.41) is 6.67. The van der Waals surface area contributed by atoms with Crippen molar-refractivity contribution in [3.63, 3.8) is 0 Å². The van der Waals surface area contributed by atoms with Gasteiger partial charge in [-0.2, -0.15) is 0 Å². The highest BCUT2D eigenvalue weighted by Gasteiger charge is 2.21. The zero-order valence-corrected chi connectivity index (χ0v) is 14.1. The molecular formula is C18H28N2O2. The molecule has 0 aromatic heterocycles. The summed E-state index contributed by atoms with van der Waals surface area (Å²) in [4.78, 5) is 12.5. The maximum atomic E-state index is 12.5. The van der Waals surface area contributed by atoms with Gasteiger partial charge in [0.1, 0.15) is 11.9 Å². The Morgan fingerprint density at radius 3 is 2.86 bits per heavy atom. The van der Waals surface area contributed by atoms with Crippen LogP contribution in [-0.4, -0.2) is 31.0 Å². The van der Waals surface area contributed by atoms with Crippen LogP contribution >= 0.6 is 0 Å². The fourth-order valence-electron chi connectivity index (χ4n) is 2.53. The first kappa shape index (κ1) is 16.8. The molecule has 2 rings (SSSR count). The molecule has 0 spiro atoms. The third-order valence-electron chi connectivity index (χ3n) is 4.10. The van der Waals surface area contributed by atoms with Gasteiger partial charge in [0.2, 0.25) is 0 Å². The molecule has 1 aliphatic rings. The quantitative estimate of drug-likeness (QED) is 0.757. The molecule has 22 heavy (non-hydrogen) atoms. The first-order valence-corrected chi connectivity index (χ1v) is 8.33. The second-order valence-electron chi connectivity index (χ2n) is 6.46. The Bertz CT molecular complexity index is 514. The van der Waals surface area contributed by atoms with E-state index < -0.39 is 0 Å². The number of carbonyl (C=O) groups is 1. The van der Waals surface area contributed by atoms with Crippen molar-refractivity contribution in [1.82, 2.24) is 5.32 Å². The molecular weight excluding hydrogens is 276 g/mol. The first-order valence-electron chi connectivity index (χ1n) is 8.33. The van der Waals surface area contributed by atoms with Crippen LogP contribution in [-0.2, 0) is 0 Å². The molecule has 2 unspecified atom stereocenters. The summed E-state index contributed by atoms with van der Waals surface area (Å²) in [5.74, 6) is 1.62.